The van der Waals surface area contributed by atoms with Crippen molar-refractivity contribution in [2.75, 3.05) is 11.9 Å². The third-order valence-corrected chi connectivity index (χ3v) is 3.18. The van der Waals surface area contributed by atoms with Gasteiger partial charge in [0.1, 0.15) is 5.75 Å². The maximum Gasteiger partial charge on any atom is 0.121 e. The molecule has 90 valence electrons. The first kappa shape index (κ1) is 12.4. The lowest BCUT2D eigenvalue weighted by molar-refractivity contribution is 0.307. The molecular weight excluding hydrogens is 278 g/mol. The molecule has 1 heterocycles. The van der Waals surface area contributed by atoms with Gasteiger partial charge in [-0.25, -0.2) is 0 Å². The number of rotatable bonds is 6. The van der Waals surface area contributed by atoms with Gasteiger partial charge in [0, 0.05) is 23.0 Å². The number of aromatic nitrogens is 1. The molecule has 1 aromatic carbocycles. The largest absolute Gasteiger partial charge is 0.494 e. The zero-order valence-corrected chi connectivity index (χ0v) is 11.3. The fourth-order valence-corrected chi connectivity index (χ4v) is 2.10. The molecule has 0 bridgehead atoms. The van der Waals surface area contributed by atoms with Crippen molar-refractivity contribution >= 4 is 26.8 Å². The molecule has 0 radical (unpaired) electrons. The van der Waals surface area contributed by atoms with Crippen molar-refractivity contribution in [3.05, 3.63) is 36.5 Å². The number of fused-ring (bicyclic) bond motifs is 1. The van der Waals surface area contributed by atoms with Crippen LogP contribution < -0.4 is 4.74 Å². The Labute approximate surface area is 110 Å². The summed E-state index contributed by atoms with van der Waals surface area (Å²) in [6.07, 6.45) is 5.33. The molecule has 0 saturated carbocycles. The summed E-state index contributed by atoms with van der Waals surface area (Å²) >= 11 is 3.42. The van der Waals surface area contributed by atoms with E-state index in [9.17, 15) is 0 Å². The zero-order chi connectivity index (χ0) is 11.9. The molecule has 1 aromatic heterocycles. The van der Waals surface area contributed by atoms with Crippen LogP contribution in [0.25, 0.3) is 10.9 Å². The summed E-state index contributed by atoms with van der Waals surface area (Å²) in [6, 6.07) is 10.1. The van der Waals surface area contributed by atoms with Crippen LogP contribution in [0.3, 0.4) is 0 Å². The van der Waals surface area contributed by atoms with E-state index in [2.05, 4.69) is 33.0 Å². The van der Waals surface area contributed by atoms with Crippen molar-refractivity contribution in [3.8, 4) is 5.75 Å². The van der Waals surface area contributed by atoms with Crippen molar-refractivity contribution < 1.29 is 4.74 Å². The Morgan fingerprint density at radius 2 is 2.06 bits per heavy atom. The van der Waals surface area contributed by atoms with Crippen molar-refractivity contribution in [1.82, 2.24) is 4.98 Å². The quantitative estimate of drug-likeness (QED) is 0.589. The molecule has 0 aliphatic heterocycles. The van der Waals surface area contributed by atoms with E-state index in [1.807, 2.05) is 24.4 Å². The van der Waals surface area contributed by atoms with Crippen molar-refractivity contribution in [3.63, 3.8) is 0 Å². The predicted molar refractivity (Wildman–Crippen MR) is 74.9 cm³/mol. The maximum absolute atomic E-state index is 5.71. The summed E-state index contributed by atoms with van der Waals surface area (Å²) < 4.78 is 5.71. The van der Waals surface area contributed by atoms with E-state index < -0.39 is 0 Å². The van der Waals surface area contributed by atoms with E-state index >= 15 is 0 Å². The Kier molecular flexibility index (Phi) is 4.80. The molecule has 17 heavy (non-hydrogen) atoms. The lowest BCUT2D eigenvalue weighted by atomic mass is 10.2. The summed E-state index contributed by atoms with van der Waals surface area (Å²) in [4.78, 5) is 4.31. The molecule has 2 aromatic rings. The molecule has 0 aliphatic rings. The molecule has 3 heteroatoms. The summed E-state index contributed by atoms with van der Waals surface area (Å²) in [5, 5.41) is 2.23. The topological polar surface area (TPSA) is 22.1 Å². The van der Waals surface area contributed by atoms with E-state index in [0.717, 1.165) is 35.0 Å². The first-order valence-electron chi connectivity index (χ1n) is 5.94. The second kappa shape index (κ2) is 6.60. The standard InChI is InChI=1S/C14H16BrNO/c15-8-2-1-3-10-17-13-7-6-12-5-4-9-16-14(12)11-13/h4-7,9,11H,1-3,8,10H2. The first-order chi connectivity index (χ1) is 8.40. The Hall–Kier alpha value is -1.09. The van der Waals surface area contributed by atoms with Crippen LogP contribution in [0.5, 0.6) is 5.75 Å². The van der Waals surface area contributed by atoms with Gasteiger partial charge < -0.3 is 4.74 Å². The number of pyridine rings is 1. The normalized spacial score (nSPS) is 10.6. The third kappa shape index (κ3) is 3.70. The minimum atomic E-state index is 0.783. The Balaban J connectivity index is 1.90. The molecule has 2 rings (SSSR count). The van der Waals surface area contributed by atoms with Gasteiger partial charge in [0.15, 0.2) is 0 Å². The van der Waals surface area contributed by atoms with Gasteiger partial charge in [-0.1, -0.05) is 22.0 Å². The van der Waals surface area contributed by atoms with Crippen LogP contribution in [0, 0.1) is 0 Å². The number of hydrogen-bond donors (Lipinski definition) is 0. The zero-order valence-electron chi connectivity index (χ0n) is 9.73. The van der Waals surface area contributed by atoms with E-state index in [1.165, 1.54) is 12.8 Å². The van der Waals surface area contributed by atoms with Gasteiger partial charge >= 0.3 is 0 Å². The molecule has 0 saturated heterocycles. The lowest BCUT2D eigenvalue weighted by Gasteiger charge is -2.06. The van der Waals surface area contributed by atoms with Crippen LogP contribution in [-0.2, 0) is 0 Å². The second-order valence-electron chi connectivity index (χ2n) is 3.96. The van der Waals surface area contributed by atoms with Crippen molar-refractivity contribution in [2.24, 2.45) is 0 Å². The van der Waals surface area contributed by atoms with Crippen LogP contribution in [0.4, 0.5) is 0 Å². The summed E-state index contributed by atoms with van der Waals surface area (Å²) in [5.74, 6) is 0.912. The highest BCUT2D eigenvalue weighted by Gasteiger charge is 1.97. The number of halogens is 1. The van der Waals surface area contributed by atoms with Gasteiger partial charge in [0.05, 0.1) is 12.1 Å². The maximum atomic E-state index is 5.71. The number of nitrogens with zero attached hydrogens (tertiary/aromatic N) is 1. The van der Waals surface area contributed by atoms with E-state index in [0.29, 0.717) is 0 Å². The molecule has 0 fully saturated rings. The van der Waals surface area contributed by atoms with Crippen LogP contribution in [0.15, 0.2) is 36.5 Å². The summed E-state index contributed by atoms with van der Waals surface area (Å²) in [7, 11) is 0. The highest BCUT2D eigenvalue weighted by molar-refractivity contribution is 9.09. The number of benzene rings is 1. The van der Waals surface area contributed by atoms with E-state index in [4.69, 9.17) is 4.74 Å². The molecule has 0 aliphatic carbocycles. The van der Waals surface area contributed by atoms with Crippen LogP contribution in [0.2, 0.25) is 0 Å². The third-order valence-electron chi connectivity index (χ3n) is 2.62. The molecule has 2 nitrogen and oxygen atoms in total. The number of ether oxygens (including phenoxy) is 1. The van der Waals surface area contributed by atoms with Gasteiger partial charge in [0.2, 0.25) is 0 Å². The van der Waals surface area contributed by atoms with Gasteiger partial charge in [-0.05, 0) is 37.5 Å². The fourth-order valence-electron chi connectivity index (χ4n) is 1.70. The van der Waals surface area contributed by atoms with Crippen LogP contribution in [0.1, 0.15) is 19.3 Å². The van der Waals surface area contributed by atoms with Gasteiger partial charge in [-0.15, -0.1) is 0 Å². The monoisotopic (exact) mass is 293 g/mol. The molecule has 0 unspecified atom stereocenters. The first-order valence-corrected chi connectivity index (χ1v) is 7.06. The minimum absolute atomic E-state index is 0.783. The predicted octanol–water partition coefficient (Wildman–Crippen LogP) is 4.18. The van der Waals surface area contributed by atoms with Gasteiger partial charge in [-0.3, -0.25) is 4.98 Å². The van der Waals surface area contributed by atoms with E-state index in [-0.39, 0.29) is 0 Å². The smallest absolute Gasteiger partial charge is 0.121 e. The second-order valence-corrected chi connectivity index (χ2v) is 4.75. The van der Waals surface area contributed by atoms with Crippen LogP contribution >= 0.6 is 15.9 Å². The number of alkyl halides is 1. The molecule has 0 atom stereocenters. The number of unbranched alkanes of at least 4 members (excludes halogenated alkanes) is 2. The Bertz CT molecular complexity index is 472. The summed E-state index contributed by atoms with van der Waals surface area (Å²) in [5.41, 5.74) is 0.991. The highest BCUT2D eigenvalue weighted by atomic mass is 79.9. The lowest BCUT2D eigenvalue weighted by Crippen LogP contribution is -1.97. The fraction of sp³-hybridized carbons (Fsp3) is 0.357. The average Bonchev–Trinajstić information content (AvgIpc) is 2.38. The Morgan fingerprint density at radius 3 is 2.94 bits per heavy atom. The van der Waals surface area contributed by atoms with E-state index in [1.54, 1.807) is 0 Å². The van der Waals surface area contributed by atoms with Gasteiger partial charge in [0.25, 0.3) is 0 Å². The summed E-state index contributed by atoms with van der Waals surface area (Å²) in [6.45, 7) is 0.783. The van der Waals surface area contributed by atoms with Crippen molar-refractivity contribution in [1.29, 1.82) is 0 Å². The SMILES string of the molecule is BrCCCCCOc1ccc2cccnc2c1. The van der Waals surface area contributed by atoms with Crippen LogP contribution in [-0.4, -0.2) is 16.9 Å². The highest BCUT2D eigenvalue weighted by Crippen LogP contribution is 2.18. The Morgan fingerprint density at radius 1 is 1.12 bits per heavy atom. The van der Waals surface area contributed by atoms with Crippen molar-refractivity contribution in [2.45, 2.75) is 19.3 Å². The molecule has 0 spiro atoms. The van der Waals surface area contributed by atoms with Gasteiger partial charge in [-0.2, -0.15) is 0 Å². The number of hydrogen-bond acceptors (Lipinski definition) is 2. The average molecular weight is 294 g/mol. The molecule has 0 amide bonds. The molecule has 0 N–H and O–H groups in total. The molecular formula is C14H16BrNO. The minimum Gasteiger partial charge on any atom is -0.494 e.